The van der Waals surface area contributed by atoms with E-state index in [0.717, 1.165) is 17.0 Å². The summed E-state index contributed by atoms with van der Waals surface area (Å²) < 4.78 is 5.88. The molecule has 37 heavy (non-hydrogen) atoms. The van der Waals surface area contributed by atoms with Gasteiger partial charge in [-0.3, -0.25) is 24.1 Å². The average molecular weight is 500 g/mol. The van der Waals surface area contributed by atoms with Crippen molar-refractivity contribution >= 4 is 35.0 Å². The second-order valence-corrected chi connectivity index (χ2v) is 8.69. The number of carbonyl (C=O) groups excluding carboxylic acids is 4. The molecular formula is C29H29N3O5. The van der Waals surface area contributed by atoms with Crippen LogP contribution in [0.5, 0.6) is 5.75 Å². The number of carbonyl (C=O) groups is 4. The zero-order chi connectivity index (χ0) is 26.4. The van der Waals surface area contributed by atoms with Crippen LogP contribution in [0.25, 0.3) is 0 Å². The lowest BCUT2D eigenvalue weighted by molar-refractivity contribution is -0.120. The SMILES string of the molecule is CCCCN(C(=O)CN1C(=O)c2ccccc2C1=O)c1ccccc1OCC(=O)N(C)c1ccccc1. The van der Waals surface area contributed by atoms with Crippen LogP contribution in [0.3, 0.4) is 0 Å². The highest BCUT2D eigenvalue weighted by Crippen LogP contribution is 2.30. The first-order valence-corrected chi connectivity index (χ1v) is 12.2. The molecule has 1 aliphatic heterocycles. The minimum absolute atomic E-state index is 0.226. The van der Waals surface area contributed by atoms with Gasteiger partial charge >= 0.3 is 0 Å². The second kappa shape index (κ2) is 11.5. The summed E-state index contributed by atoms with van der Waals surface area (Å²) in [6.45, 7) is 1.76. The largest absolute Gasteiger partial charge is 0.482 e. The van der Waals surface area contributed by atoms with Crippen molar-refractivity contribution in [2.75, 3.05) is 36.5 Å². The second-order valence-electron chi connectivity index (χ2n) is 8.69. The van der Waals surface area contributed by atoms with Crippen LogP contribution in [0.15, 0.2) is 78.9 Å². The number of likely N-dealkylation sites (N-methyl/N-ethyl adjacent to an activating group) is 1. The number of unbranched alkanes of at least 4 members (excludes halogenated alkanes) is 1. The Balaban J connectivity index is 1.51. The van der Waals surface area contributed by atoms with E-state index in [2.05, 4.69) is 0 Å². The van der Waals surface area contributed by atoms with Gasteiger partial charge in [-0.15, -0.1) is 0 Å². The van der Waals surface area contributed by atoms with Gasteiger partial charge in [-0.25, -0.2) is 0 Å². The van der Waals surface area contributed by atoms with Crippen molar-refractivity contribution in [2.45, 2.75) is 19.8 Å². The predicted molar refractivity (Wildman–Crippen MR) is 141 cm³/mol. The number of amides is 4. The van der Waals surface area contributed by atoms with Crippen LogP contribution in [0.4, 0.5) is 11.4 Å². The number of fused-ring (bicyclic) bond motifs is 1. The van der Waals surface area contributed by atoms with Gasteiger partial charge in [0.15, 0.2) is 6.61 Å². The Morgan fingerprint density at radius 1 is 0.811 bits per heavy atom. The van der Waals surface area contributed by atoms with Gasteiger partial charge in [-0.2, -0.15) is 0 Å². The third-order valence-corrected chi connectivity index (χ3v) is 6.23. The molecule has 0 saturated carbocycles. The lowest BCUT2D eigenvalue weighted by atomic mass is 10.1. The van der Waals surface area contributed by atoms with Gasteiger partial charge in [0.25, 0.3) is 17.7 Å². The van der Waals surface area contributed by atoms with Crippen molar-refractivity contribution < 1.29 is 23.9 Å². The third kappa shape index (κ3) is 5.53. The minimum Gasteiger partial charge on any atom is -0.482 e. The highest BCUT2D eigenvalue weighted by molar-refractivity contribution is 6.22. The van der Waals surface area contributed by atoms with Crippen molar-refractivity contribution in [3.63, 3.8) is 0 Å². The Bertz CT molecular complexity index is 1270. The summed E-state index contributed by atoms with van der Waals surface area (Å²) >= 11 is 0. The number of para-hydroxylation sites is 3. The fourth-order valence-electron chi connectivity index (χ4n) is 4.13. The molecule has 3 aromatic rings. The molecule has 0 atom stereocenters. The Morgan fingerprint density at radius 3 is 2.05 bits per heavy atom. The van der Waals surface area contributed by atoms with E-state index in [9.17, 15) is 19.2 Å². The van der Waals surface area contributed by atoms with E-state index in [1.807, 2.05) is 37.3 Å². The first-order chi connectivity index (χ1) is 17.9. The molecule has 0 unspecified atom stereocenters. The Hall–Kier alpha value is -4.46. The number of nitrogens with zero attached hydrogens (tertiary/aromatic N) is 3. The number of benzene rings is 3. The molecule has 0 aromatic heterocycles. The van der Waals surface area contributed by atoms with Crippen LogP contribution in [-0.2, 0) is 9.59 Å². The summed E-state index contributed by atoms with van der Waals surface area (Å²) in [5.41, 5.74) is 1.81. The van der Waals surface area contributed by atoms with Crippen molar-refractivity contribution in [1.82, 2.24) is 4.90 Å². The molecule has 0 saturated heterocycles. The zero-order valence-electron chi connectivity index (χ0n) is 20.9. The number of hydrogen-bond donors (Lipinski definition) is 0. The van der Waals surface area contributed by atoms with Gasteiger partial charge in [0.05, 0.1) is 16.8 Å². The lowest BCUT2D eigenvalue weighted by Gasteiger charge is -2.27. The summed E-state index contributed by atoms with van der Waals surface area (Å²) in [6.07, 6.45) is 1.54. The van der Waals surface area contributed by atoms with Gasteiger partial charge in [-0.05, 0) is 42.8 Å². The van der Waals surface area contributed by atoms with Gasteiger partial charge in [0.2, 0.25) is 5.91 Å². The fraction of sp³-hybridized carbons (Fsp3) is 0.241. The topological polar surface area (TPSA) is 87.2 Å². The normalized spacial score (nSPS) is 12.3. The minimum atomic E-state index is -0.483. The molecule has 0 N–H and O–H groups in total. The molecule has 0 spiro atoms. The molecular weight excluding hydrogens is 470 g/mol. The van der Waals surface area contributed by atoms with E-state index in [0.29, 0.717) is 35.5 Å². The van der Waals surface area contributed by atoms with Gasteiger partial charge < -0.3 is 14.5 Å². The molecule has 1 heterocycles. The number of rotatable bonds is 10. The van der Waals surface area contributed by atoms with Crippen LogP contribution >= 0.6 is 0 Å². The summed E-state index contributed by atoms with van der Waals surface area (Å²) in [5, 5.41) is 0. The molecule has 8 heteroatoms. The first-order valence-electron chi connectivity index (χ1n) is 12.2. The maximum absolute atomic E-state index is 13.5. The molecule has 8 nitrogen and oxygen atoms in total. The van der Waals surface area contributed by atoms with Crippen molar-refractivity contribution in [3.05, 3.63) is 90.0 Å². The summed E-state index contributed by atoms with van der Waals surface area (Å²) in [4.78, 5) is 55.9. The van der Waals surface area contributed by atoms with E-state index < -0.39 is 17.7 Å². The van der Waals surface area contributed by atoms with Gasteiger partial charge in [0.1, 0.15) is 12.3 Å². The van der Waals surface area contributed by atoms with Crippen LogP contribution in [0, 0.1) is 0 Å². The fourth-order valence-corrected chi connectivity index (χ4v) is 4.13. The maximum Gasteiger partial charge on any atom is 0.264 e. The van der Waals surface area contributed by atoms with Crippen molar-refractivity contribution in [2.24, 2.45) is 0 Å². The standard InChI is InChI=1S/C29H29N3O5/c1-3-4-18-31(26(33)19-32-28(35)22-14-8-9-15-23(22)29(32)36)24-16-10-11-17-25(24)37-20-27(34)30(2)21-12-6-5-7-13-21/h5-17H,3-4,18-20H2,1-2H3. The van der Waals surface area contributed by atoms with E-state index in [4.69, 9.17) is 4.74 Å². The smallest absolute Gasteiger partial charge is 0.264 e. The van der Waals surface area contributed by atoms with E-state index in [-0.39, 0.29) is 19.1 Å². The van der Waals surface area contributed by atoms with E-state index >= 15 is 0 Å². The summed E-state index contributed by atoms with van der Waals surface area (Å²) in [7, 11) is 1.67. The predicted octanol–water partition coefficient (Wildman–Crippen LogP) is 4.16. The third-order valence-electron chi connectivity index (χ3n) is 6.23. The maximum atomic E-state index is 13.5. The quantitative estimate of drug-likeness (QED) is 0.391. The summed E-state index contributed by atoms with van der Waals surface area (Å²) in [6, 6.07) is 22.7. The Labute approximate surface area is 216 Å². The molecule has 0 aliphatic carbocycles. The number of ether oxygens (including phenoxy) is 1. The highest BCUT2D eigenvalue weighted by Gasteiger charge is 2.37. The average Bonchev–Trinajstić information content (AvgIpc) is 3.17. The van der Waals surface area contributed by atoms with Crippen LogP contribution in [0.1, 0.15) is 40.5 Å². The highest BCUT2D eigenvalue weighted by atomic mass is 16.5. The molecule has 0 fully saturated rings. The first kappa shape index (κ1) is 25.6. The van der Waals surface area contributed by atoms with E-state index in [1.54, 1.807) is 55.6 Å². The van der Waals surface area contributed by atoms with Gasteiger partial charge in [0, 0.05) is 19.3 Å². The molecule has 4 rings (SSSR count). The zero-order valence-corrected chi connectivity index (χ0v) is 20.9. The number of anilines is 2. The van der Waals surface area contributed by atoms with Crippen molar-refractivity contribution in [3.8, 4) is 5.75 Å². The molecule has 4 amide bonds. The molecule has 1 aliphatic rings. The molecule has 190 valence electrons. The Kier molecular flexibility index (Phi) is 7.98. The van der Waals surface area contributed by atoms with Gasteiger partial charge in [-0.1, -0.05) is 55.8 Å². The van der Waals surface area contributed by atoms with Crippen LogP contribution in [-0.4, -0.2) is 55.3 Å². The van der Waals surface area contributed by atoms with Crippen LogP contribution < -0.4 is 14.5 Å². The molecule has 0 radical (unpaired) electrons. The monoisotopic (exact) mass is 499 g/mol. The molecule has 3 aromatic carbocycles. The number of hydrogen-bond acceptors (Lipinski definition) is 5. The molecule has 0 bridgehead atoms. The summed E-state index contributed by atoms with van der Waals surface area (Å²) in [5.74, 6) is -1.26. The lowest BCUT2D eigenvalue weighted by Crippen LogP contribution is -2.43. The van der Waals surface area contributed by atoms with Crippen LogP contribution in [0.2, 0.25) is 0 Å². The van der Waals surface area contributed by atoms with Crippen molar-refractivity contribution in [1.29, 1.82) is 0 Å². The number of imide groups is 1. The Morgan fingerprint density at radius 2 is 1.41 bits per heavy atom. The van der Waals surface area contributed by atoms with E-state index in [1.165, 1.54) is 9.80 Å².